The van der Waals surface area contributed by atoms with Crippen LogP contribution in [0.1, 0.15) is 26.2 Å². The van der Waals surface area contributed by atoms with E-state index in [4.69, 9.17) is 0 Å². The lowest BCUT2D eigenvalue weighted by atomic mass is 10.4. The van der Waals surface area contributed by atoms with Crippen LogP contribution in [0.3, 0.4) is 0 Å². The Morgan fingerprint density at radius 1 is 1.50 bits per heavy atom. The van der Waals surface area contributed by atoms with E-state index in [1.165, 1.54) is 0 Å². The average molecular weight is 256 g/mol. The first kappa shape index (κ1) is 10.5. The zero-order valence-corrected chi connectivity index (χ0v) is 9.54. The molecule has 0 spiro atoms. The van der Waals surface area contributed by atoms with Crippen LogP contribution in [0.4, 0.5) is 0 Å². The molecule has 0 heterocycles. The van der Waals surface area contributed by atoms with Gasteiger partial charge < -0.3 is 0 Å². The number of rotatable bonds is 5. The second kappa shape index (κ2) is 3.64. The van der Waals surface area contributed by atoms with E-state index < -0.39 is 10.0 Å². The predicted octanol–water partition coefficient (Wildman–Crippen LogP) is 1.24. The Kier molecular flexibility index (Phi) is 3.17. The highest BCUT2D eigenvalue weighted by atomic mass is 79.9. The van der Waals surface area contributed by atoms with Crippen molar-refractivity contribution in [2.75, 3.05) is 11.1 Å². The Morgan fingerprint density at radius 3 is 2.42 bits per heavy atom. The highest BCUT2D eigenvalue weighted by Gasteiger charge is 2.44. The lowest BCUT2D eigenvalue weighted by molar-refractivity contribution is 0.560. The predicted molar refractivity (Wildman–Crippen MR) is 53.0 cm³/mol. The van der Waals surface area contributed by atoms with Crippen molar-refractivity contribution in [3.63, 3.8) is 0 Å². The zero-order chi connectivity index (χ0) is 9.24. The maximum Gasteiger partial charge on any atom is 0.212 e. The van der Waals surface area contributed by atoms with E-state index in [1.54, 1.807) is 0 Å². The highest BCUT2D eigenvalue weighted by molar-refractivity contribution is 9.09. The Balaban J connectivity index is 2.50. The van der Waals surface area contributed by atoms with Gasteiger partial charge in [0.1, 0.15) is 0 Å². The molecule has 0 aliphatic heterocycles. The van der Waals surface area contributed by atoms with Crippen molar-refractivity contribution >= 4 is 26.0 Å². The summed E-state index contributed by atoms with van der Waals surface area (Å²) < 4.78 is 25.3. The summed E-state index contributed by atoms with van der Waals surface area (Å²) in [5.41, 5.74) is -0.145. The topological polar surface area (TPSA) is 46.2 Å². The van der Waals surface area contributed by atoms with Crippen LogP contribution < -0.4 is 4.72 Å². The molecule has 12 heavy (non-hydrogen) atoms. The zero-order valence-electron chi connectivity index (χ0n) is 7.14. The third-order valence-corrected chi connectivity index (χ3v) is 4.72. The highest BCUT2D eigenvalue weighted by Crippen LogP contribution is 2.37. The number of sulfonamides is 1. The molecule has 0 atom stereocenters. The van der Waals surface area contributed by atoms with Crippen LogP contribution >= 0.6 is 15.9 Å². The minimum Gasteiger partial charge on any atom is -0.212 e. The SMILES string of the molecule is CCCS(=O)(=O)NC1(CBr)CC1. The fourth-order valence-electron chi connectivity index (χ4n) is 1.06. The molecular weight excluding hydrogens is 242 g/mol. The average Bonchev–Trinajstić information content (AvgIpc) is 2.68. The Morgan fingerprint density at radius 2 is 2.08 bits per heavy atom. The quantitative estimate of drug-likeness (QED) is 0.752. The van der Waals surface area contributed by atoms with Gasteiger partial charge in [-0.25, -0.2) is 13.1 Å². The molecule has 1 N–H and O–H groups in total. The summed E-state index contributed by atoms with van der Waals surface area (Å²) in [6, 6.07) is 0. The van der Waals surface area contributed by atoms with Gasteiger partial charge in [-0.1, -0.05) is 22.9 Å². The molecule has 0 saturated heterocycles. The van der Waals surface area contributed by atoms with Gasteiger partial charge in [0, 0.05) is 10.9 Å². The molecule has 0 amide bonds. The first-order valence-electron chi connectivity index (χ1n) is 4.11. The molecule has 72 valence electrons. The van der Waals surface area contributed by atoms with Crippen LogP contribution in [0.15, 0.2) is 0 Å². The van der Waals surface area contributed by atoms with Crippen molar-refractivity contribution in [2.24, 2.45) is 0 Å². The van der Waals surface area contributed by atoms with E-state index in [0.717, 1.165) is 18.2 Å². The molecule has 5 heteroatoms. The van der Waals surface area contributed by atoms with Crippen LogP contribution in [-0.2, 0) is 10.0 Å². The molecule has 0 aromatic carbocycles. The van der Waals surface area contributed by atoms with Crippen molar-refractivity contribution in [3.05, 3.63) is 0 Å². The second-order valence-electron chi connectivity index (χ2n) is 3.33. The summed E-state index contributed by atoms with van der Waals surface area (Å²) in [4.78, 5) is 0. The van der Waals surface area contributed by atoms with Gasteiger partial charge in [-0.15, -0.1) is 0 Å². The number of halogens is 1. The standard InChI is InChI=1S/C7H14BrNO2S/c1-2-5-12(10,11)9-7(6-8)3-4-7/h9H,2-6H2,1H3. The van der Waals surface area contributed by atoms with E-state index in [0.29, 0.717) is 6.42 Å². The van der Waals surface area contributed by atoms with Crippen molar-refractivity contribution in [3.8, 4) is 0 Å². The number of alkyl halides is 1. The van der Waals surface area contributed by atoms with Gasteiger partial charge in [-0.2, -0.15) is 0 Å². The van der Waals surface area contributed by atoms with E-state index in [-0.39, 0.29) is 11.3 Å². The minimum atomic E-state index is -3.02. The summed E-state index contributed by atoms with van der Waals surface area (Å²) in [6.45, 7) is 1.87. The lowest BCUT2D eigenvalue weighted by Gasteiger charge is -2.13. The Labute approximate surface area is 82.1 Å². The van der Waals surface area contributed by atoms with Gasteiger partial charge in [-0.05, 0) is 19.3 Å². The van der Waals surface area contributed by atoms with Gasteiger partial charge in [-0.3, -0.25) is 0 Å². The fraction of sp³-hybridized carbons (Fsp3) is 1.00. The molecule has 0 bridgehead atoms. The largest absolute Gasteiger partial charge is 0.212 e. The normalized spacial score (nSPS) is 20.8. The number of hydrogen-bond acceptors (Lipinski definition) is 2. The van der Waals surface area contributed by atoms with Gasteiger partial charge in [0.2, 0.25) is 10.0 Å². The molecule has 1 aliphatic rings. The molecule has 0 aromatic heterocycles. The third-order valence-electron chi connectivity index (χ3n) is 1.95. The Hall–Kier alpha value is 0.390. The molecule has 3 nitrogen and oxygen atoms in total. The monoisotopic (exact) mass is 255 g/mol. The molecule has 1 rings (SSSR count). The second-order valence-corrected chi connectivity index (χ2v) is 5.74. The number of hydrogen-bond donors (Lipinski definition) is 1. The van der Waals surface area contributed by atoms with Crippen molar-refractivity contribution in [2.45, 2.75) is 31.7 Å². The fourth-order valence-corrected chi connectivity index (χ4v) is 3.53. The third kappa shape index (κ3) is 2.71. The first-order chi connectivity index (χ1) is 5.54. The van der Waals surface area contributed by atoms with Crippen LogP contribution in [0.25, 0.3) is 0 Å². The Bertz CT molecular complexity index is 246. The maximum atomic E-state index is 11.3. The van der Waals surface area contributed by atoms with Crippen LogP contribution in [0, 0.1) is 0 Å². The van der Waals surface area contributed by atoms with Crippen LogP contribution in [0.5, 0.6) is 0 Å². The summed E-state index contributed by atoms with van der Waals surface area (Å²) in [6.07, 6.45) is 2.59. The molecular formula is C7H14BrNO2S. The lowest BCUT2D eigenvalue weighted by Crippen LogP contribution is -2.39. The molecule has 1 saturated carbocycles. The van der Waals surface area contributed by atoms with Crippen LogP contribution in [-0.4, -0.2) is 25.0 Å². The molecule has 1 aliphatic carbocycles. The maximum absolute atomic E-state index is 11.3. The van der Waals surface area contributed by atoms with Gasteiger partial charge in [0.05, 0.1) is 5.75 Å². The molecule has 0 radical (unpaired) electrons. The summed E-state index contributed by atoms with van der Waals surface area (Å²) in [5.74, 6) is 0.238. The molecule has 1 fully saturated rings. The van der Waals surface area contributed by atoms with Crippen LogP contribution in [0.2, 0.25) is 0 Å². The van der Waals surface area contributed by atoms with E-state index >= 15 is 0 Å². The smallest absolute Gasteiger partial charge is 0.212 e. The summed E-state index contributed by atoms with van der Waals surface area (Å²) in [7, 11) is -3.02. The molecule has 0 unspecified atom stereocenters. The van der Waals surface area contributed by atoms with E-state index in [1.807, 2.05) is 6.92 Å². The van der Waals surface area contributed by atoms with Crippen molar-refractivity contribution < 1.29 is 8.42 Å². The summed E-state index contributed by atoms with van der Waals surface area (Å²) in [5, 5.41) is 0.725. The minimum absolute atomic E-state index is 0.145. The van der Waals surface area contributed by atoms with Gasteiger partial charge in [0.15, 0.2) is 0 Å². The van der Waals surface area contributed by atoms with E-state index in [2.05, 4.69) is 20.7 Å². The number of nitrogens with one attached hydrogen (secondary N) is 1. The van der Waals surface area contributed by atoms with Crippen molar-refractivity contribution in [1.82, 2.24) is 4.72 Å². The van der Waals surface area contributed by atoms with Gasteiger partial charge in [0.25, 0.3) is 0 Å². The van der Waals surface area contributed by atoms with E-state index in [9.17, 15) is 8.42 Å². The summed E-state index contributed by atoms with van der Waals surface area (Å²) >= 11 is 3.31. The van der Waals surface area contributed by atoms with Crippen molar-refractivity contribution in [1.29, 1.82) is 0 Å². The first-order valence-corrected chi connectivity index (χ1v) is 6.88. The van der Waals surface area contributed by atoms with Gasteiger partial charge >= 0.3 is 0 Å². The molecule has 0 aromatic rings.